The highest BCUT2D eigenvalue weighted by Crippen LogP contribution is 2.67. The molecule has 0 N–H and O–H groups in total. The minimum Gasteiger partial charge on any atom is -0.462 e. The van der Waals surface area contributed by atoms with Crippen molar-refractivity contribution in [3.63, 3.8) is 0 Å². The van der Waals surface area contributed by atoms with Gasteiger partial charge in [-0.25, -0.2) is 0 Å². The number of rotatable bonds is 6. The third-order valence-corrected chi connectivity index (χ3v) is 12.6. The number of ether oxygens (including phenoxy) is 1. The van der Waals surface area contributed by atoms with E-state index in [4.69, 9.17) is 4.74 Å². The lowest BCUT2D eigenvalue weighted by Crippen LogP contribution is -2.51. The Morgan fingerprint density at radius 3 is 2.26 bits per heavy atom. The number of hydrogen-bond acceptors (Lipinski definition) is 2. The molecule has 0 aromatic heterocycles. The summed E-state index contributed by atoms with van der Waals surface area (Å²) in [4.78, 5) is 11.5. The zero-order chi connectivity index (χ0) is 25.0. The highest BCUT2D eigenvalue weighted by atomic mass is 16.5. The van der Waals surface area contributed by atoms with Crippen molar-refractivity contribution < 1.29 is 9.53 Å². The minimum absolute atomic E-state index is 0.107. The maximum absolute atomic E-state index is 11.5. The summed E-state index contributed by atoms with van der Waals surface area (Å²) in [7, 11) is 0. The van der Waals surface area contributed by atoms with Crippen molar-refractivity contribution in [2.75, 3.05) is 0 Å². The summed E-state index contributed by atoms with van der Waals surface area (Å²) in [6.45, 7) is 21.8. The summed E-state index contributed by atoms with van der Waals surface area (Å²) in [6, 6.07) is 0. The van der Waals surface area contributed by atoms with Crippen LogP contribution in [0.3, 0.4) is 0 Å². The molecule has 0 saturated heterocycles. The van der Waals surface area contributed by atoms with Gasteiger partial charge in [0.1, 0.15) is 6.10 Å². The van der Waals surface area contributed by atoms with E-state index >= 15 is 0 Å². The van der Waals surface area contributed by atoms with Crippen LogP contribution in [-0.2, 0) is 9.53 Å². The van der Waals surface area contributed by atoms with Crippen molar-refractivity contribution in [2.24, 2.45) is 64.1 Å². The van der Waals surface area contributed by atoms with Gasteiger partial charge in [0.2, 0.25) is 0 Å². The van der Waals surface area contributed by atoms with E-state index in [1.54, 1.807) is 12.5 Å². The Labute approximate surface area is 211 Å². The molecule has 0 radical (unpaired) electrons. The zero-order valence-corrected chi connectivity index (χ0v) is 23.8. The average Bonchev–Trinajstić information content (AvgIpc) is 3.14. The molecule has 0 bridgehead atoms. The summed E-state index contributed by atoms with van der Waals surface area (Å²) in [5.74, 6) is 7.31. The van der Waals surface area contributed by atoms with E-state index in [9.17, 15) is 4.79 Å². The van der Waals surface area contributed by atoms with E-state index in [-0.39, 0.29) is 12.1 Å². The van der Waals surface area contributed by atoms with Gasteiger partial charge in [-0.05, 0) is 109 Å². The van der Waals surface area contributed by atoms with Crippen LogP contribution in [0.4, 0.5) is 0 Å². The molecular formula is C32H54O2. The predicted octanol–water partition coefficient (Wildman–Crippen LogP) is 8.70. The molecule has 194 valence electrons. The van der Waals surface area contributed by atoms with Crippen LogP contribution in [0.25, 0.3) is 0 Å². The van der Waals surface area contributed by atoms with E-state index in [0.717, 1.165) is 66.1 Å². The molecule has 11 atom stereocenters. The fraction of sp³-hybridized carbons (Fsp3) is 0.906. The second kappa shape index (κ2) is 9.59. The van der Waals surface area contributed by atoms with Crippen molar-refractivity contribution in [1.29, 1.82) is 0 Å². The Bertz CT molecular complexity index is 782. The highest BCUT2D eigenvalue weighted by Gasteiger charge is 2.59. The van der Waals surface area contributed by atoms with Gasteiger partial charge in [-0.1, -0.05) is 67.0 Å². The molecule has 0 aliphatic heterocycles. The summed E-state index contributed by atoms with van der Waals surface area (Å²) in [6.07, 6.45) is 12.9. The first-order chi connectivity index (χ1) is 15.9. The molecule has 4 aliphatic rings. The standard InChI is InChI=1S/C32H54O2/c1-19(2)20(3)21(4)22(5)23(6)28-12-13-29-27-11-10-25-18-26(34-24(7)33)14-16-31(25,8)30(27)15-17-32(28,29)9/h10,19-23,26-30H,11-18H2,1-9H3/t20-,21?,22?,23-,26?,27+,28-,29+,30+,31+,32-/m1/s1. The maximum Gasteiger partial charge on any atom is 0.302 e. The van der Waals surface area contributed by atoms with Crippen molar-refractivity contribution in [2.45, 2.75) is 120 Å². The lowest BCUT2D eigenvalue weighted by Gasteiger charge is -2.58. The zero-order valence-electron chi connectivity index (χ0n) is 23.8. The Hall–Kier alpha value is -0.790. The summed E-state index contributed by atoms with van der Waals surface area (Å²) >= 11 is 0. The van der Waals surface area contributed by atoms with E-state index in [2.05, 4.69) is 61.5 Å². The van der Waals surface area contributed by atoms with Crippen LogP contribution in [0.2, 0.25) is 0 Å². The molecule has 4 rings (SSSR count). The van der Waals surface area contributed by atoms with Crippen molar-refractivity contribution in [3.8, 4) is 0 Å². The molecule has 2 nitrogen and oxygen atoms in total. The van der Waals surface area contributed by atoms with E-state index in [0.29, 0.717) is 10.8 Å². The van der Waals surface area contributed by atoms with Crippen molar-refractivity contribution in [3.05, 3.63) is 11.6 Å². The minimum atomic E-state index is -0.117. The van der Waals surface area contributed by atoms with Crippen LogP contribution in [-0.4, -0.2) is 12.1 Å². The number of hydrogen-bond donors (Lipinski definition) is 0. The fourth-order valence-electron chi connectivity index (χ4n) is 9.80. The Balaban J connectivity index is 1.51. The maximum atomic E-state index is 11.5. The first kappa shape index (κ1) is 26.3. The second-order valence-electron chi connectivity index (χ2n) is 14.1. The lowest BCUT2D eigenvalue weighted by molar-refractivity contribution is -0.148. The van der Waals surface area contributed by atoms with Crippen LogP contribution in [0, 0.1) is 64.1 Å². The van der Waals surface area contributed by atoms with E-state index in [1.807, 2.05) is 0 Å². The lowest BCUT2D eigenvalue weighted by atomic mass is 9.46. The predicted molar refractivity (Wildman–Crippen MR) is 142 cm³/mol. The van der Waals surface area contributed by atoms with Gasteiger partial charge in [-0.2, -0.15) is 0 Å². The number of carbonyl (C=O) groups excluding carboxylic acids is 1. The van der Waals surface area contributed by atoms with E-state index in [1.165, 1.54) is 38.5 Å². The Morgan fingerprint density at radius 2 is 1.62 bits per heavy atom. The normalized spacial score (nSPS) is 43.1. The van der Waals surface area contributed by atoms with Gasteiger partial charge in [0.05, 0.1) is 0 Å². The first-order valence-electron chi connectivity index (χ1n) is 14.8. The van der Waals surface area contributed by atoms with Crippen LogP contribution < -0.4 is 0 Å². The fourth-order valence-corrected chi connectivity index (χ4v) is 9.80. The summed E-state index contributed by atoms with van der Waals surface area (Å²) in [5.41, 5.74) is 2.47. The molecule has 0 heterocycles. The van der Waals surface area contributed by atoms with E-state index < -0.39 is 0 Å². The van der Waals surface area contributed by atoms with Crippen LogP contribution in [0.1, 0.15) is 114 Å². The largest absolute Gasteiger partial charge is 0.462 e. The Kier molecular flexibility index (Phi) is 7.41. The molecule has 4 aliphatic carbocycles. The number of carbonyl (C=O) groups is 1. The average molecular weight is 471 g/mol. The van der Waals surface area contributed by atoms with Crippen molar-refractivity contribution in [1.82, 2.24) is 0 Å². The van der Waals surface area contributed by atoms with Gasteiger partial charge in [-0.15, -0.1) is 0 Å². The smallest absolute Gasteiger partial charge is 0.302 e. The molecule has 3 unspecified atom stereocenters. The molecular weight excluding hydrogens is 416 g/mol. The molecule has 0 aromatic rings. The molecule has 34 heavy (non-hydrogen) atoms. The van der Waals surface area contributed by atoms with Crippen LogP contribution >= 0.6 is 0 Å². The van der Waals surface area contributed by atoms with Gasteiger partial charge in [0.15, 0.2) is 0 Å². The van der Waals surface area contributed by atoms with Crippen molar-refractivity contribution >= 4 is 5.97 Å². The number of esters is 1. The number of allylic oxidation sites excluding steroid dienone is 1. The second-order valence-corrected chi connectivity index (χ2v) is 14.1. The first-order valence-corrected chi connectivity index (χ1v) is 14.8. The third-order valence-electron chi connectivity index (χ3n) is 12.6. The molecule has 0 aromatic carbocycles. The summed E-state index contributed by atoms with van der Waals surface area (Å²) in [5, 5.41) is 0. The quantitative estimate of drug-likeness (QED) is 0.286. The number of fused-ring (bicyclic) bond motifs is 5. The molecule has 2 heteroatoms. The van der Waals surface area contributed by atoms with Gasteiger partial charge < -0.3 is 4.74 Å². The monoisotopic (exact) mass is 470 g/mol. The van der Waals surface area contributed by atoms with Crippen LogP contribution in [0.5, 0.6) is 0 Å². The highest BCUT2D eigenvalue weighted by molar-refractivity contribution is 5.66. The molecule has 0 amide bonds. The Morgan fingerprint density at radius 1 is 0.912 bits per heavy atom. The van der Waals surface area contributed by atoms with Crippen LogP contribution in [0.15, 0.2) is 11.6 Å². The van der Waals surface area contributed by atoms with Gasteiger partial charge in [0, 0.05) is 13.3 Å². The molecule has 0 spiro atoms. The van der Waals surface area contributed by atoms with Gasteiger partial charge in [-0.3, -0.25) is 4.79 Å². The SMILES string of the molecule is CC(=O)OC1CC[C@@]2(C)C(=CC[C@H]3[C@@H]4CC[C@H]([C@H](C)C(C)C(C)[C@H](C)C(C)C)[C@@]4(C)CC[C@@H]32)C1. The summed E-state index contributed by atoms with van der Waals surface area (Å²) < 4.78 is 5.64. The molecule has 3 fully saturated rings. The van der Waals surface area contributed by atoms with Gasteiger partial charge in [0.25, 0.3) is 0 Å². The topological polar surface area (TPSA) is 26.3 Å². The van der Waals surface area contributed by atoms with Gasteiger partial charge >= 0.3 is 5.97 Å². The third kappa shape index (κ3) is 4.32. The molecule has 3 saturated carbocycles.